The topological polar surface area (TPSA) is 52.7 Å². The third kappa shape index (κ3) is 5.92. The number of carbonyl (C=O) groups excluding carboxylic acids is 2. The summed E-state index contributed by atoms with van der Waals surface area (Å²) in [5.41, 5.74) is 3.02. The molecule has 31 heavy (non-hydrogen) atoms. The molecule has 2 aromatic carbocycles. The maximum Gasteiger partial charge on any atom is 0.322 e. The van der Waals surface area contributed by atoms with Crippen LogP contribution in [-0.2, 0) is 11.2 Å². The number of hydrogen-bond acceptors (Lipinski definition) is 2. The zero-order chi connectivity index (χ0) is 22.4. The van der Waals surface area contributed by atoms with Gasteiger partial charge in [-0.15, -0.1) is 0 Å². The first-order chi connectivity index (χ1) is 14.9. The predicted octanol–water partition coefficient (Wildman–Crippen LogP) is 6.16. The van der Waals surface area contributed by atoms with Crippen LogP contribution in [0.2, 0.25) is 10.0 Å². The van der Waals surface area contributed by atoms with Crippen LogP contribution in [0.25, 0.3) is 0 Å². The number of hydrogen-bond donors (Lipinski definition) is 1. The SMILES string of the molecule is CCCCCN(CC(=O)N1CCc2ccccc2C1C)C(=O)Nc1ccc(Cl)c(Cl)c1. The lowest BCUT2D eigenvalue weighted by Gasteiger charge is -2.36. The minimum absolute atomic E-state index is 0.00641. The van der Waals surface area contributed by atoms with Gasteiger partial charge in [-0.2, -0.15) is 0 Å². The molecule has 2 aromatic rings. The average molecular weight is 462 g/mol. The van der Waals surface area contributed by atoms with E-state index < -0.39 is 0 Å². The second-order valence-corrected chi connectivity index (χ2v) is 8.71. The maximum absolute atomic E-state index is 13.2. The molecule has 1 aliphatic rings. The van der Waals surface area contributed by atoms with Crippen LogP contribution in [-0.4, -0.2) is 41.4 Å². The van der Waals surface area contributed by atoms with Gasteiger partial charge < -0.3 is 15.1 Å². The van der Waals surface area contributed by atoms with Crippen molar-refractivity contribution < 1.29 is 9.59 Å². The lowest BCUT2D eigenvalue weighted by Crippen LogP contribution is -2.47. The molecule has 166 valence electrons. The highest BCUT2D eigenvalue weighted by Crippen LogP contribution is 2.29. The fourth-order valence-electron chi connectivity index (χ4n) is 3.95. The second kappa shape index (κ2) is 10.9. The van der Waals surface area contributed by atoms with Crippen molar-refractivity contribution in [3.63, 3.8) is 0 Å². The summed E-state index contributed by atoms with van der Waals surface area (Å²) in [5.74, 6) is -0.0391. The van der Waals surface area contributed by atoms with E-state index in [0.29, 0.717) is 28.8 Å². The Labute approximate surface area is 194 Å². The van der Waals surface area contributed by atoms with Gasteiger partial charge in [-0.25, -0.2) is 4.79 Å². The van der Waals surface area contributed by atoms with Crippen molar-refractivity contribution in [3.05, 3.63) is 63.6 Å². The van der Waals surface area contributed by atoms with Crippen molar-refractivity contribution in [2.75, 3.05) is 25.0 Å². The summed E-state index contributed by atoms with van der Waals surface area (Å²) in [5, 5.41) is 3.64. The zero-order valence-corrected chi connectivity index (χ0v) is 19.5. The number of nitrogens with zero attached hydrogens (tertiary/aromatic N) is 2. The van der Waals surface area contributed by atoms with Crippen LogP contribution in [0.5, 0.6) is 0 Å². The van der Waals surface area contributed by atoms with Gasteiger partial charge in [-0.05, 0) is 49.1 Å². The molecule has 3 amide bonds. The number of unbranched alkanes of at least 4 members (excludes halogenated alkanes) is 2. The molecular weight excluding hydrogens is 433 g/mol. The number of carbonyl (C=O) groups is 2. The normalized spacial score (nSPS) is 15.4. The summed E-state index contributed by atoms with van der Waals surface area (Å²) in [6, 6.07) is 12.9. The van der Waals surface area contributed by atoms with Gasteiger partial charge in [-0.3, -0.25) is 4.79 Å². The molecule has 1 heterocycles. The Kier molecular flexibility index (Phi) is 8.22. The van der Waals surface area contributed by atoms with E-state index in [1.165, 1.54) is 11.1 Å². The summed E-state index contributed by atoms with van der Waals surface area (Å²) >= 11 is 12.0. The monoisotopic (exact) mass is 461 g/mol. The number of fused-ring (bicyclic) bond motifs is 1. The third-order valence-corrected chi connectivity index (χ3v) is 6.47. The first-order valence-electron chi connectivity index (χ1n) is 10.8. The van der Waals surface area contributed by atoms with Gasteiger partial charge in [0.15, 0.2) is 0 Å². The molecule has 0 aromatic heterocycles. The van der Waals surface area contributed by atoms with Crippen molar-refractivity contribution in [1.29, 1.82) is 0 Å². The van der Waals surface area contributed by atoms with Crippen LogP contribution in [0.3, 0.4) is 0 Å². The molecule has 7 heteroatoms. The van der Waals surface area contributed by atoms with E-state index in [1.54, 1.807) is 23.1 Å². The fourth-order valence-corrected chi connectivity index (χ4v) is 4.25. The van der Waals surface area contributed by atoms with E-state index in [0.717, 1.165) is 25.7 Å². The molecule has 0 radical (unpaired) electrons. The van der Waals surface area contributed by atoms with Gasteiger partial charge in [0.25, 0.3) is 0 Å². The Bertz CT molecular complexity index is 935. The van der Waals surface area contributed by atoms with Crippen LogP contribution in [0.15, 0.2) is 42.5 Å². The molecule has 0 aliphatic carbocycles. The molecule has 1 atom stereocenters. The minimum atomic E-state index is -0.312. The number of benzene rings is 2. The molecule has 5 nitrogen and oxygen atoms in total. The largest absolute Gasteiger partial charge is 0.334 e. The van der Waals surface area contributed by atoms with Gasteiger partial charge in [0.2, 0.25) is 5.91 Å². The third-order valence-electron chi connectivity index (χ3n) is 5.73. The Balaban J connectivity index is 1.70. The summed E-state index contributed by atoms with van der Waals surface area (Å²) in [4.78, 5) is 29.6. The number of rotatable bonds is 7. The Morgan fingerprint density at radius 1 is 1.13 bits per heavy atom. The van der Waals surface area contributed by atoms with Crippen molar-refractivity contribution in [3.8, 4) is 0 Å². The van der Waals surface area contributed by atoms with Crippen molar-refractivity contribution in [2.24, 2.45) is 0 Å². The second-order valence-electron chi connectivity index (χ2n) is 7.90. The molecule has 1 aliphatic heterocycles. The van der Waals surface area contributed by atoms with E-state index in [-0.39, 0.29) is 24.5 Å². The van der Waals surface area contributed by atoms with Gasteiger partial charge in [0.1, 0.15) is 6.54 Å². The Hall–Kier alpha value is -2.24. The average Bonchev–Trinajstić information content (AvgIpc) is 2.76. The molecule has 0 spiro atoms. The van der Waals surface area contributed by atoms with Gasteiger partial charge in [0.05, 0.1) is 16.1 Å². The zero-order valence-electron chi connectivity index (χ0n) is 18.0. The predicted molar refractivity (Wildman–Crippen MR) is 127 cm³/mol. The van der Waals surface area contributed by atoms with E-state index >= 15 is 0 Å². The number of nitrogens with one attached hydrogen (secondary N) is 1. The highest BCUT2D eigenvalue weighted by molar-refractivity contribution is 6.42. The lowest BCUT2D eigenvalue weighted by molar-refractivity contribution is -0.134. The molecule has 1 unspecified atom stereocenters. The van der Waals surface area contributed by atoms with E-state index in [1.807, 2.05) is 24.0 Å². The lowest BCUT2D eigenvalue weighted by atomic mass is 9.93. The summed E-state index contributed by atoms with van der Waals surface area (Å²) in [6.45, 7) is 5.38. The van der Waals surface area contributed by atoms with Crippen molar-refractivity contribution >= 4 is 40.8 Å². The minimum Gasteiger partial charge on any atom is -0.334 e. The van der Waals surface area contributed by atoms with Gasteiger partial charge in [0, 0.05) is 18.8 Å². The number of amides is 3. The first kappa shape index (κ1) is 23.4. The summed E-state index contributed by atoms with van der Waals surface area (Å²) in [7, 11) is 0. The summed E-state index contributed by atoms with van der Waals surface area (Å²) in [6.07, 6.45) is 3.71. The molecule has 0 bridgehead atoms. The van der Waals surface area contributed by atoms with Crippen molar-refractivity contribution in [2.45, 2.75) is 45.6 Å². The number of urea groups is 1. The first-order valence-corrected chi connectivity index (χ1v) is 11.5. The van der Waals surface area contributed by atoms with Gasteiger partial charge >= 0.3 is 6.03 Å². The fraction of sp³-hybridized carbons (Fsp3) is 0.417. The molecule has 1 N–H and O–H groups in total. The van der Waals surface area contributed by atoms with Crippen LogP contribution >= 0.6 is 23.2 Å². The van der Waals surface area contributed by atoms with Crippen LogP contribution in [0.1, 0.15) is 50.3 Å². The summed E-state index contributed by atoms with van der Waals surface area (Å²) < 4.78 is 0. The van der Waals surface area contributed by atoms with E-state index in [2.05, 4.69) is 24.4 Å². The number of anilines is 1. The Morgan fingerprint density at radius 3 is 2.65 bits per heavy atom. The van der Waals surface area contributed by atoms with Gasteiger partial charge in [-0.1, -0.05) is 67.2 Å². The van der Waals surface area contributed by atoms with Crippen LogP contribution in [0, 0.1) is 0 Å². The molecule has 0 saturated heterocycles. The molecule has 0 saturated carbocycles. The molecule has 3 rings (SSSR count). The quantitative estimate of drug-likeness (QED) is 0.501. The smallest absolute Gasteiger partial charge is 0.322 e. The van der Waals surface area contributed by atoms with E-state index in [4.69, 9.17) is 23.2 Å². The maximum atomic E-state index is 13.2. The van der Waals surface area contributed by atoms with Crippen LogP contribution in [0.4, 0.5) is 10.5 Å². The standard InChI is InChI=1S/C24H29Cl2N3O2/c1-3-4-7-13-28(24(31)27-19-10-11-21(25)22(26)15-19)16-23(30)29-14-12-18-8-5-6-9-20(18)17(29)2/h5-6,8-11,15,17H,3-4,7,12-14,16H2,1-2H3,(H,27,31). The molecular formula is C24H29Cl2N3O2. The van der Waals surface area contributed by atoms with E-state index in [9.17, 15) is 9.59 Å². The highest BCUT2D eigenvalue weighted by Gasteiger charge is 2.29. The Morgan fingerprint density at radius 2 is 1.90 bits per heavy atom. The van der Waals surface area contributed by atoms with Crippen LogP contribution < -0.4 is 5.32 Å². The number of halogens is 2. The highest BCUT2D eigenvalue weighted by atomic mass is 35.5. The molecule has 0 fully saturated rings. The van der Waals surface area contributed by atoms with Crippen molar-refractivity contribution in [1.82, 2.24) is 9.80 Å².